The van der Waals surface area contributed by atoms with Gasteiger partial charge >= 0.3 is 11.9 Å². The van der Waals surface area contributed by atoms with E-state index in [1.165, 1.54) is 14.2 Å². The standard InChI is InChI=1S/C19H34O5Si/c1-17(2,3)25(7,8)24-19-10-9-13(15(20)22-5)11-18(19,4)12-14(19)16(21)23-6/h13-14H,9-12H2,1-8H3/t13-,14-,18-,19+/m1/s1. The summed E-state index contributed by atoms with van der Waals surface area (Å²) in [7, 11) is 0.800. The largest absolute Gasteiger partial charge is 0.469 e. The molecular formula is C19H34O5Si. The molecule has 0 radical (unpaired) electrons. The van der Waals surface area contributed by atoms with Crippen molar-refractivity contribution in [2.24, 2.45) is 17.3 Å². The van der Waals surface area contributed by atoms with Crippen LogP contribution in [0.5, 0.6) is 0 Å². The minimum Gasteiger partial charge on any atom is -0.469 e. The Morgan fingerprint density at radius 2 is 1.60 bits per heavy atom. The zero-order chi connectivity index (χ0) is 19.3. The SMILES string of the molecule is COC(=O)[C@@H]1CC[C@]2(O[Si](C)(C)C(C)(C)C)[C@@H](C(=O)OC)C[C@@]2(C)C1. The molecule has 0 amide bonds. The second-order valence-corrected chi connectivity index (χ2v) is 14.3. The third kappa shape index (κ3) is 3.16. The van der Waals surface area contributed by atoms with Crippen LogP contribution in [-0.4, -0.2) is 40.1 Å². The summed E-state index contributed by atoms with van der Waals surface area (Å²) in [5.41, 5.74) is -0.716. The van der Waals surface area contributed by atoms with Crippen molar-refractivity contribution >= 4 is 20.3 Å². The quantitative estimate of drug-likeness (QED) is 0.554. The number of esters is 2. The Bertz CT molecular complexity index is 553. The van der Waals surface area contributed by atoms with Gasteiger partial charge in [-0.05, 0) is 49.2 Å². The molecule has 0 bridgehead atoms. The minimum absolute atomic E-state index is 0.0537. The van der Waals surface area contributed by atoms with Crippen LogP contribution in [0.25, 0.3) is 0 Å². The first kappa shape index (κ1) is 20.4. The number of ether oxygens (including phenoxy) is 2. The van der Waals surface area contributed by atoms with E-state index in [0.717, 1.165) is 0 Å². The molecule has 0 spiro atoms. The fourth-order valence-electron chi connectivity index (χ4n) is 4.48. The van der Waals surface area contributed by atoms with Crippen molar-refractivity contribution in [3.8, 4) is 0 Å². The van der Waals surface area contributed by atoms with E-state index in [4.69, 9.17) is 13.9 Å². The molecule has 0 aromatic heterocycles. The lowest BCUT2D eigenvalue weighted by Gasteiger charge is -2.67. The molecule has 2 fully saturated rings. The number of carbonyl (C=O) groups excluding carboxylic acids is 2. The summed E-state index contributed by atoms with van der Waals surface area (Å²) in [6.45, 7) is 13.2. The Labute approximate surface area is 152 Å². The fourth-order valence-corrected chi connectivity index (χ4v) is 6.19. The highest BCUT2D eigenvalue weighted by atomic mass is 28.4. The first-order valence-corrected chi connectivity index (χ1v) is 12.1. The van der Waals surface area contributed by atoms with Gasteiger partial charge in [-0.1, -0.05) is 27.7 Å². The summed E-state index contributed by atoms with van der Waals surface area (Å²) in [6.07, 6.45) is 2.82. The van der Waals surface area contributed by atoms with Crippen LogP contribution in [0.15, 0.2) is 0 Å². The highest BCUT2D eigenvalue weighted by Crippen LogP contribution is 2.66. The van der Waals surface area contributed by atoms with Gasteiger partial charge in [0.05, 0.1) is 31.7 Å². The predicted octanol–water partition coefficient (Wildman–Crippen LogP) is 3.92. The van der Waals surface area contributed by atoms with Crippen LogP contribution in [0.4, 0.5) is 0 Å². The normalized spacial score (nSPS) is 35.4. The summed E-state index contributed by atoms with van der Waals surface area (Å²) in [4.78, 5) is 24.5. The van der Waals surface area contributed by atoms with Crippen LogP contribution in [0.1, 0.15) is 53.4 Å². The highest BCUT2D eigenvalue weighted by molar-refractivity contribution is 6.74. The van der Waals surface area contributed by atoms with E-state index in [9.17, 15) is 9.59 Å². The summed E-state index contributed by atoms with van der Waals surface area (Å²) < 4.78 is 17.0. The predicted molar refractivity (Wildman–Crippen MR) is 98.6 cm³/mol. The molecule has 2 rings (SSSR count). The van der Waals surface area contributed by atoms with E-state index >= 15 is 0 Å². The molecule has 0 aromatic carbocycles. The Balaban J connectivity index is 2.37. The fraction of sp³-hybridized carbons (Fsp3) is 0.895. The first-order chi connectivity index (χ1) is 11.3. The Kier molecular flexibility index (Phi) is 5.21. The Morgan fingerprint density at radius 1 is 1.04 bits per heavy atom. The maximum atomic E-state index is 12.4. The molecular weight excluding hydrogens is 336 g/mol. The van der Waals surface area contributed by atoms with Gasteiger partial charge in [-0.2, -0.15) is 0 Å². The Morgan fingerprint density at radius 3 is 2.04 bits per heavy atom. The van der Waals surface area contributed by atoms with Gasteiger partial charge in [-0.3, -0.25) is 9.59 Å². The van der Waals surface area contributed by atoms with Crippen LogP contribution in [0, 0.1) is 17.3 Å². The zero-order valence-electron chi connectivity index (χ0n) is 17.0. The van der Waals surface area contributed by atoms with Crippen LogP contribution < -0.4 is 0 Å². The van der Waals surface area contributed by atoms with Gasteiger partial charge < -0.3 is 13.9 Å². The summed E-state index contributed by atoms with van der Waals surface area (Å²) >= 11 is 0. The van der Waals surface area contributed by atoms with Crippen molar-refractivity contribution in [1.29, 1.82) is 0 Å². The van der Waals surface area contributed by atoms with Crippen LogP contribution in [0.2, 0.25) is 18.1 Å². The lowest BCUT2D eigenvalue weighted by molar-refractivity contribution is -0.236. The number of rotatable bonds is 4. The lowest BCUT2D eigenvalue weighted by Crippen LogP contribution is -2.72. The third-order valence-corrected chi connectivity index (χ3v) is 11.6. The van der Waals surface area contributed by atoms with Crippen molar-refractivity contribution in [2.75, 3.05) is 14.2 Å². The average molecular weight is 371 g/mol. The molecule has 0 aromatic rings. The molecule has 0 aliphatic heterocycles. The molecule has 2 aliphatic carbocycles. The van der Waals surface area contributed by atoms with Crippen molar-refractivity contribution in [1.82, 2.24) is 0 Å². The summed E-state index contributed by atoms with van der Waals surface area (Å²) in [5, 5.41) is 0.0537. The molecule has 0 N–H and O–H groups in total. The molecule has 5 nitrogen and oxygen atoms in total. The molecule has 144 valence electrons. The van der Waals surface area contributed by atoms with Crippen LogP contribution >= 0.6 is 0 Å². The molecule has 2 aliphatic rings. The second-order valence-electron chi connectivity index (χ2n) is 9.56. The number of fused-ring (bicyclic) bond motifs is 1. The van der Waals surface area contributed by atoms with Crippen molar-refractivity contribution < 1.29 is 23.5 Å². The number of carbonyl (C=O) groups is 2. The number of hydrogen-bond donors (Lipinski definition) is 0. The molecule has 0 heterocycles. The van der Waals surface area contributed by atoms with Gasteiger partial charge in [0.2, 0.25) is 0 Å². The third-order valence-electron chi connectivity index (χ3n) is 7.06. The Hall–Kier alpha value is -0.883. The van der Waals surface area contributed by atoms with Crippen molar-refractivity contribution in [3.63, 3.8) is 0 Å². The topological polar surface area (TPSA) is 61.8 Å². The molecule has 25 heavy (non-hydrogen) atoms. The summed E-state index contributed by atoms with van der Waals surface area (Å²) in [5.74, 6) is -0.684. The van der Waals surface area contributed by atoms with E-state index in [-0.39, 0.29) is 34.2 Å². The maximum Gasteiger partial charge on any atom is 0.311 e. The van der Waals surface area contributed by atoms with Gasteiger partial charge in [0.1, 0.15) is 0 Å². The van der Waals surface area contributed by atoms with Gasteiger partial charge in [-0.25, -0.2) is 0 Å². The van der Waals surface area contributed by atoms with Crippen LogP contribution in [-0.2, 0) is 23.5 Å². The highest BCUT2D eigenvalue weighted by Gasteiger charge is 2.70. The van der Waals surface area contributed by atoms with Crippen molar-refractivity contribution in [2.45, 2.75) is 77.1 Å². The molecule has 6 heteroatoms. The lowest BCUT2D eigenvalue weighted by atomic mass is 9.44. The monoisotopic (exact) mass is 370 g/mol. The van der Waals surface area contributed by atoms with Gasteiger partial charge in [0.15, 0.2) is 8.32 Å². The average Bonchev–Trinajstić information content (AvgIpc) is 2.51. The minimum atomic E-state index is -2.08. The van der Waals surface area contributed by atoms with Gasteiger partial charge in [0, 0.05) is 0 Å². The molecule has 0 saturated heterocycles. The summed E-state index contributed by atoms with van der Waals surface area (Å²) in [6, 6.07) is 0. The zero-order valence-corrected chi connectivity index (χ0v) is 18.0. The van der Waals surface area contributed by atoms with E-state index in [1.807, 2.05) is 0 Å². The van der Waals surface area contributed by atoms with Gasteiger partial charge in [0.25, 0.3) is 0 Å². The number of methoxy groups -OCH3 is 2. The van der Waals surface area contributed by atoms with E-state index < -0.39 is 13.9 Å². The molecule has 0 unspecified atom stereocenters. The smallest absolute Gasteiger partial charge is 0.311 e. The molecule has 2 saturated carbocycles. The number of hydrogen-bond acceptors (Lipinski definition) is 5. The van der Waals surface area contributed by atoms with Gasteiger partial charge in [-0.15, -0.1) is 0 Å². The van der Waals surface area contributed by atoms with E-state index in [1.54, 1.807) is 0 Å². The second kappa shape index (κ2) is 6.37. The van der Waals surface area contributed by atoms with Crippen molar-refractivity contribution in [3.05, 3.63) is 0 Å². The first-order valence-electron chi connectivity index (χ1n) is 9.19. The van der Waals surface area contributed by atoms with Crippen LogP contribution in [0.3, 0.4) is 0 Å². The van der Waals surface area contributed by atoms with E-state index in [2.05, 4.69) is 40.8 Å². The molecule has 4 atom stereocenters. The maximum absolute atomic E-state index is 12.4. The van der Waals surface area contributed by atoms with E-state index in [0.29, 0.717) is 25.7 Å².